The minimum Gasteiger partial charge on any atom is -0.393 e. The Kier molecular flexibility index (Phi) is 4.13. The second-order valence-corrected chi connectivity index (χ2v) is 7.45. The van der Waals surface area contributed by atoms with Crippen molar-refractivity contribution in [3.05, 3.63) is 54.5 Å². The van der Waals surface area contributed by atoms with E-state index in [-0.39, 0.29) is 6.10 Å². The molecule has 0 saturated carbocycles. The fraction of sp³-hybridized carbons (Fsp3) is 0.381. The third kappa shape index (κ3) is 3.10. The molecule has 2 aromatic heterocycles. The number of nitrogens with zero attached hydrogens (tertiary/aromatic N) is 5. The maximum absolute atomic E-state index is 9.77. The standard InChI is InChI=1S/C21H23N5O/c27-17-7-11-25(12-8-17)21-20(22-9-10-23-21)16-13-26(14-16)19-6-5-15-3-1-2-4-18(15)24-19/h1-6,9-10,16-17,27H,7-8,11-14H2. The molecule has 6 heteroatoms. The fourth-order valence-electron chi connectivity index (χ4n) is 4.02. The monoisotopic (exact) mass is 361 g/mol. The smallest absolute Gasteiger partial charge is 0.150 e. The summed E-state index contributed by atoms with van der Waals surface area (Å²) >= 11 is 0. The Bertz CT molecular complexity index is 948. The number of hydrogen-bond donors (Lipinski definition) is 1. The highest BCUT2D eigenvalue weighted by Gasteiger charge is 2.34. The van der Waals surface area contributed by atoms with E-state index in [0.29, 0.717) is 5.92 Å². The van der Waals surface area contributed by atoms with Crippen LogP contribution in [0.1, 0.15) is 24.5 Å². The number of piperidine rings is 1. The third-order valence-corrected chi connectivity index (χ3v) is 5.65. The van der Waals surface area contributed by atoms with Crippen LogP contribution >= 0.6 is 0 Å². The zero-order valence-corrected chi connectivity index (χ0v) is 15.2. The first-order valence-electron chi connectivity index (χ1n) is 9.62. The molecule has 5 rings (SSSR count). The molecule has 2 saturated heterocycles. The van der Waals surface area contributed by atoms with Gasteiger partial charge in [0.15, 0.2) is 5.82 Å². The Morgan fingerprint density at radius 1 is 0.889 bits per heavy atom. The molecule has 2 fully saturated rings. The number of aromatic nitrogens is 3. The molecular formula is C21H23N5O. The van der Waals surface area contributed by atoms with E-state index in [1.807, 2.05) is 12.1 Å². The van der Waals surface area contributed by atoms with Crippen molar-refractivity contribution < 1.29 is 5.11 Å². The number of rotatable bonds is 3. The number of benzene rings is 1. The van der Waals surface area contributed by atoms with Crippen LogP contribution in [-0.2, 0) is 0 Å². The molecule has 0 spiro atoms. The topological polar surface area (TPSA) is 65.4 Å². The van der Waals surface area contributed by atoms with E-state index < -0.39 is 0 Å². The summed E-state index contributed by atoms with van der Waals surface area (Å²) in [7, 11) is 0. The molecule has 1 aromatic carbocycles. The highest BCUT2D eigenvalue weighted by atomic mass is 16.3. The van der Waals surface area contributed by atoms with Crippen LogP contribution in [0.25, 0.3) is 10.9 Å². The van der Waals surface area contributed by atoms with Crippen molar-refractivity contribution in [3.63, 3.8) is 0 Å². The Morgan fingerprint density at radius 2 is 1.67 bits per heavy atom. The quantitative estimate of drug-likeness (QED) is 0.774. The molecule has 4 heterocycles. The summed E-state index contributed by atoms with van der Waals surface area (Å²) in [4.78, 5) is 18.6. The van der Waals surface area contributed by atoms with Crippen LogP contribution < -0.4 is 9.80 Å². The summed E-state index contributed by atoms with van der Waals surface area (Å²) in [5.74, 6) is 2.38. The van der Waals surface area contributed by atoms with Gasteiger partial charge in [-0.2, -0.15) is 0 Å². The van der Waals surface area contributed by atoms with E-state index in [9.17, 15) is 5.11 Å². The van der Waals surface area contributed by atoms with Crippen molar-refractivity contribution in [3.8, 4) is 0 Å². The average molecular weight is 361 g/mol. The van der Waals surface area contributed by atoms with Gasteiger partial charge in [0, 0.05) is 49.9 Å². The van der Waals surface area contributed by atoms with Gasteiger partial charge in [0.2, 0.25) is 0 Å². The highest BCUT2D eigenvalue weighted by Crippen LogP contribution is 2.34. The molecule has 3 aromatic rings. The number of fused-ring (bicyclic) bond motifs is 1. The van der Waals surface area contributed by atoms with Crippen LogP contribution in [0.5, 0.6) is 0 Å². The van der Waals surface area contributed by atoms with E-state index >= 15 is 0 Å². The predicted molar refractivity (Wildman–Crippen MR) is 106 cm³/mol. The summed E-state index contributed by atoms with van der Waals surface area (Å²) in [5.41, 5.74) is 2.11. The first-order chi connectivity index (χ1) is 13.3. The lowest BCUT2D eigenvalue weighted by Gasteiger charge is -2.41. The van der Waals surface area contributed by atoms with E-state index in [1.54, 1.807) is 12.4 Å². The summed E-state index contributed by atoms with van der Waals surface area (Å²) in [6, 6.07) is 12.5. The first kappa shape index (κ1) is 16.4. The van der Waals surface area contributed by atoms with Crippen LogP contribution in [0.15, 0.2) is 48.8 Å². The Morgan fingerprint density at radius 3 is 2.52 bits per heavy atom. The summed E-state index contributed by atoms with van der Waals surface area (Å²) < 4.78 is 0. The van der Waals surface area contributed by atoms with Gasteiger partial charge in [0.05, 0.1) is 17.3 Å². The van der Waals surface area contributed by atoms with Crippen molar-refractivity contribution >= 4 is 22.5 Å². The molecule has 0 amide bonds. The molecule has 6 nitrogen and oxygen atoms in total. The van der Waals surface area contributed by atoms with Gasteiger partial charge in [-0.05, 0) is 31.0 Å². The van der Waals surface area contributed by atoms with Gasteiger partial charge >= 0.3 is 0 Å². The van der Waals surface area contributed by atoms with Crippen molar-refractivity contribution in [2.75, 3.05) is 36.0 Å². The lowest BCUT2D eigenvalue weighted by molar-refractivity contribution is 0.145. The van der Waals surface area contributed by atoms with Gasteiger partial charge < -0.3 is 14.9 Å². The average Bonchev–Trinajstić information content (AvgIpc) is 2.68. The van der Waals surface area contributed by atoms with E-state index in [1.165, 1.54) is 5.39 Å². The normalized spacial score (nSPS) is 18.7. The lowest BCUT2D eigenvalue weighted by Crippen LogP contribution is -2.47. The van der Waals surface area contributed by atoms with Crippen LogP contribution in [0, 0.1) is 0 Å². The Balaban J connectivity index is 1.33. The molecule has 0 atom stereocenters. The molecule has 0 bridgehead atoms. The molecule has 1 N–H and O–H groups in total. The van der Waals surface area contributed by atoms with E-state index in [0.717, 1.165) is 61.9 Å². The van der Waals surface area contributed by atoms with Gasteiger partial charge in [-0.1, -0.05) is 18.2 Å². The van der Waals surface area contributed by atoms with Crippen LogP contribution in [0.4, 0.5) is 11.6 Å². The molecule has 2 aliphatic rings. The van der Waals surface area contributed by atoms with Gasteiger partial charge in [0.25, 0.3) is 0 Å². The predicted octanol–water partition coefficient (Wildman–Crippen LogP) is 2.59. The van der Waals surface area contributed by atoms with Gasteiger partial charge in [-0.3, -0.25) is 4.98 Å². The molecule has 0 unspecified atom stereocenters. The molecular weight excluding hydrogens is 338 g/mol. The number of para-hydroxylation sites is 1. The Labute approximate surface area is 158 Å². The van der Waals surface area contributed by atoms with Gasteiger partial charge in [-0.25, -0.2) is 9.97 Å². The van der Waals surface area contributed by atoms with Gasteiger partial charge in [0.1, 0.15) is 5.82 Å². The van der Waals surface area contributed by atoms with Crippen LogP contribution in [0.2, 0.25) is 0 Å². The van der Waals surface area contributed by atoms with Crippen LogP contribution in [-0.4, -0.2) is 52.3 Å². The maximum Gasteiger partial charge on any atom is 0.150 e. The second-order valence-electron chi connectivity index (χ2n) is 7.45. The molecule has 27 heavy (non-hydrogen) atoms. The summed E-state index contributed by atoms with van der Waals surface area (Å²) in [6.45, 7) is 3.51. The number of anilines is 2. The summed E-state index contributed by atoms with van der Waals surface area (Å²) in [6.07, 6.45) is 4.97. The SMILES string of the molecule is OC1CCN(c2nccnc2C2CN(c3ccc4ccccc4n3)C2)CC1. The Hall–Kier alpha value is -2.73. The largest absolute Gasteiger partial charge is 0.393 e. The third-order valence-electron chi connectivity index (χ3n) is 5.65. The second kappa shape index (κ2) is 6.78. The van der Waals surface area contributed by atoms with Crippen molar-refractivity contribution in [1.29, 1.82) is 0 Å². The molecule has 0 aliphatic carbocycles. The maximum atomic E-state index is 9.77. The van der Waals surface area contributed by atoms with Gasteiger partial charge in [-0.15, -0.1) is 0 Å². The molecule has 138 valence electrons. The zero-order valence-electron chi connectivity index (χ0n) is 15.2. The van der Waals surface area contributed by atoms with Crippen LogP contribution in [0.3, 0.4) is 0 Å². The first-order valence-corrected chi connectivity index (χ1v) is 9.62. The highest BCUT2D eigenvalue weighted by molar-refractivity contribution is 5.80. The summed E-state index contributed by atoms with van der Waals surface area (Å²) in [5, 5.41) is 10.9. The molecule has 0 radical (unpaired) electrons. The minimum atomic E-state index is -0.181. The lowest BCUT2D eigenvalue weighted by atomic mass is 9.95. The molecule has 2 aliphatic heterocycles. The number of aliphatic hydroxyl groups excluding tert-OH is 1. The number of hydrogen-bond acceptors (Lipinski definition) is 6. The zero-order chi connectivity index (χ0) is 18.2. The number of aliphatic hydroxyl groups is 1. The van der Waals surface area contributed by atoms with Crippen molar-refractivity contribution in [2.45, 2.75) is 24.9 Å². The van der Waals surface area contributed by atoms with E-state index in [2.05, 4.69) is 44.0 Å². The minimum absolute atomic E-state index is 0.181. The number of pyridine rings is 1. The van der Waals surface area contributed by atoms with E-state index in [4.69, 9.17) is 4.98 Å². The van der Waals surface area contributed by atoms with Crippen molar-refractivity contribution in [1.82, 2.24) is 15.0 Å². The fourth-order valence-corrected chi connectivity index (χ4v) is 4.02. The van der Waals surface area contributed by atoms with Crippen molar-refractivity contribution in [2.24, 2.45) is 0 Å².